The van der Waals surface area contributed by atoms with Gasteiger partial charge in [0, 0.05) is 31.8 Å². The second kappa shape index (κ2) is 8.38. The smallest absolute Gasteiger partial charge is 0.184 e. The Morgan fingerprint density at radius 3 is 2.71 bits per heavy atom. The summed E-state index contributed by atoms with van der Waals surface area (Å²) in [6.45, 7) is 3.11. The van der Waals surface area contributed by atoms with E-state index in [0.717, 1.165) is 5.56 Å². The molecular formula is C18H26O6. The molecule has 6 atom stereocenters. The standard InChI is InChI=1S/C18H26O6/c1-12-15-14(23-18(20-2)16(12)21-10-6-9-19)11-22-17(24-15)13-7-4-3-5-8-13/h3-5,7-8,12,14-19H,6,9-11H2,1-2H3/t12-,14+,15-,16+,17?,18-/m0/s1. The van der Waals surface area contributed by atoms with Crippen LogP contribution < -0.4 is 0 Å². The second-order valence-corrected chi connectivity index (χ2v) is 6.23. The normalized spacial score (nSPS) is 36.3. The number of fused-ring (bicyclic) bond motifs is 1. The van der Waals surface area contributed by atoms with E-state index in [1.807, 2.05) is 30.3 Å². The van der Waals surface area contributed by atoms with Crippen molar-refractivity contribution in [2.24, 2.45) is 5.92 Å². The van der Waals surface area contributed by atoms with Crippen LogP contribution in [0.15, 0.2) is 30.3 Å². The Bertz CT molecular complexity index is 496. The summed E-state index contributed by atoms with van der Waals surface area (Å²) in [5, 5.41) is 8.95. The molecule has 0 saturated carbocycles. The number of hydrogen-bond donors (Lipinski definition) is 1. The molecule has 0 aliphatic carbocycles. The van der Waals surface area contributed by atoms with Gasteiger partial charge in [-0.15, -0.1) is 0 Å². The van der Waals surface area contributed by atoms with E-state index in [4.69, 9.17) is 28.8 Å². The minimum atomic E-state index is -0.458. The van der Waals surface area contributed by atoms with Crippen LogP contribution in [0.5, 0.6) is 0 Å². The minimum absolute atomic E-state index is 0.0857. The average molecular weight is 338 g/mol. The van der Waals surface area contributed by atoms with E-state index in [2.05, 4.69) is 6.92 Å². The number of aliphatic hydroxyl groups is 1. The van der Waals surface area contributed by atoms with Crippen molar-refractivity contribution in [2.75, 3.05) is 26.9 Å². The Labute approximate surface area is 142 Å². The monoisotopic (exact) mass is 338 g/mol. The maximum atomic E-state index is 8.95. The summed E-state index contributed by atoms with van der Waals surface area (Å²) in [5.41, 5.74) is 0.995. The lowest BCUT2D eigenvalue weighted by Crippen LogP contribution is -2.59. The molecule has 3 rings (SSSR count). The molecule has 1 aromatic carbocycles. The lowest BCUT2D eigenvalue weighted by Gasteiger charge is -2.48. The maximum Gasteiger partial charge on any atom is 0.184 e. The van der Waals surface area contributed by atoms with Gasteiger partial charge in [0.25, 0.3) is 0 Å². The fourth-order valence-electron chi connectivity index (χ4n) is 3.30. The molecule has 0 bridgehead atoms. The molecule has 1 aromatic rings. The molecule has 134 valence electrons. The van der Waals surface area contributed by atoms with Crippen LogP contribution in [0.2, 0.25) is 0 Å². The van der Waals surface area contributed by atoms with Gasteiger partial charge in [0.1, 0.15) is 12.2 Å². The zero-order valence-electron chi connectivity index (χ0n) is 14.2. The van der Waals surface area contributed by atoms with Gasteiger partial charge in [-0.3, -0.25) is 0 Å². The molecule has 0 aromatic heterocycles. The number of benzene rings is 1. The third-order valence-electron chi connectivity index (χ3n) is 4.59. The van der Waals surface area contributed by atoms with Crippen molar-refractivity contribution in [3.63, 3.8) is 0 Å². The Hall–Kier alpha value is -1.02. The van der Waals surface area contributed by atoms with Crippen molar-refractivity contribution >= 4 is 0 Å². The first-order valence-corrected chi connectivity index (χ1v) is 8.47. The van der Waals surface area contributed by atoms with Crippen LogP contribution in [-0.2, 0) is 23.7 Å². The van der Waals surface area contributed by atoms with Crippen molar-refractivity contribution in [3.8, 4) is 0 Å². The van der Waals surface area contributed by atoms with Crippen molar-refractivity contribution in [2.45, 2.75) is 44.2 Å². The highest BCUT2D eigenvalue weighted by Crippen LogP contribution is 2.37. The first kappa shape index (κ1) is 17.8. The molecule has 2 heterocycles. The quantitative estimate of drug-likeness (QED) is 0.799. The van der Waals surface area contributed by atoms with Crippen LogP contribution in [-0.4, -0.2) is 56.6 Å². The van der Waals surface area contributed by atoms with Crippen molar-refractivity contribution < 1.29 is 28.8 Å². The molecule has 0 spiro atoms. The zero-order chi connectivity index (χ0) is 16.9. The first-order chi connectivity index (χ1) is 11.7. The molecular weight excluding hydrogens is 312 g/mol. The molecule has 2 aliphatic heterocycles. The molecule has 2 aliphatic rings. The van der Waals surface area contributed by atoms with Gasteiger partial charge in [0.15, 0.2) is 12.6 Å². The molecule has 2 fully saturated rings. The van der Waals surface area contributed by atoms with Crippen LogP contribution in [0.1, 0.15) is 25.2 Å². The molecule has 2 saturated heterocycles. The van der Waals surface area contributed by atoms with E-state index in [1.165, 1.54) is 0 Å². The summed E-state index contributed by atoms with van der Waals surface area (Å²) in [4.78, 5) is 0. The fourth-order valence-corrected chi connectivity index (χ4v) is 3.30. The highest BCUT2D eigenvalue weighted by Gasteiger charge is 2.48. The predicted octanol–water partition coefficient (Wildman–Crippen LogP) is 1.88. The molecule has 24 heavy (non-hydrogen) atoms. The van der Waals surface area contributed by atoms with Crippen LogP contribution in [0, 0.1) is 5.92 Å². The number of rotatable bonds is 6. The van der Waals surface area contributed by atoms with Gasteiger partial charge < -0.3 is 28.8 Å². The van der Waals surface area contributed by atoms with Gasteiger partial charge in [-0.2, -0.15) is 0 Å². The summed E-state index contributed by atoms with van der Waals surface area (Å²) in [6.07, 6.45) is -0.810. The highest BCUT2D eigenvalue weighted by molar-refractivity contribution is 5.16. The van der Waals surface area contributed by atoms with Gasteiger partial charge in [-0.05, 0) is 6.42 Å². The van der Waals surface area contributed by atoms with Gasteiger partial charge in [-0.1, -0.05) is 37.3 Å². The number of methoxy groups -OCH3 is 1. The first-order valence-electron chi connectivity index (χ1n) is 8.47. The zero-order valence-corrected chi connectivity index (χ0v) is 14.2. The lowest BCUT2D eigenvalue weighted by atomic mass is 9.89. The van der Waals surface area contributed by atoms with E-state index >= 15 is 0 Å². The van der Waals surface area contributed by atoms with E-state index in [0.29, 0.717) is 19.6 Å². The van der Waals surface area contributed by atoms with E-state index in [1.54, 1.807) is 7.11 Å². The number of ether oxygens (including phenoxy) is 5. The SMILES string of the molecule is CO[C@H]1O[C@@H]2COC(c3ccccc3)O[C@H]2[C@H](C)[C@H]1OCCCO. The number of aliphatic hydroxyl groups excluding tert-OH is 1. The molecule has 6 heteroatoms. The lowest BCUT2D eigenvalue weighted by molar-refractivity contribution is -0.353. The topological polar surface area (TPSA) is 66.4 Å². The Morgan fingerprint density at radius 1 is 1.21 bits per heavy atom. The summed E-state index contributed by atoms with van der Waals surface area (Å²) < 4.78 is 29.3. The minimum Gasteiger partial charge on any atom is -0.396 e. The van der Waals surface area contributed by atoms with Crippen LogP contribution in [0.4, 0.5) is 0 Å². The van der Waals surface area contributed by atoms with Gasteiger partial charge in [-0.25, -0.2) is 0 Å². The largest absolute Gasteiger partial charge is 0.396 e. The molecule has 0 radical (unpaired) electrons. The average Bonchev–Trinajstić information content (AvgIpc) is 2.64. The third kappa shape index (κ3) is 3.79. The van der Waals surface area contributed by atoms with Crippen LogP contribution in [0.3, 0.4) is 0 Å². The van der Waals surface area contributed by atoms with Gasteiger partial charge in [0.05, 0.1) is 12.7 Å². The summed E-state index contributed by atoms with van der Waals surface area (Å²) in [5.74, 6) is 0.0857. The highest BCUT2D eigenvalue weighted by atomic mass is 16.7. The summed E-state index contributed by atoms with van der Waals surface area (Å²) in [6, 6.07) is 9.89. The third-order valence-corrected chi connectivity index (χ3v) is 4.59. The molecule has 0 amide bonds. The maximum absolute atomic E-state index is 8.95. The Balaban J connectivity index is 1.69. The van der Waals surface area contributed by atoms with Gasteiger partial charge in [0.2, 0.25) is 0 Å². The number of hydrogen-bond acceptors (Lipinski definition) is 6. The second-order valence-electron chi connectivity index (χ2n) is 6.23. The van der Waals surface area contributed by atoms with E-state index in [-0.39, 0.29) is 30.8 Å². The molecule has 6 nitrogen and oxygen atoms in total. The van der Waals surface area contributed by atoms with E-state index in [9.17, 15) is 0 Å². The predicted molar refractivity (Wildman–Crippen MR) is 86.3 cm³/mol. The fraction of sp³-hybridized carbons (Fsp3) is 0.667. The van der Waals surface area contributed by atoms with E-state index < -0.39 is 12.6 Å². The van der Waals surface area contributed by atoms with Crippen LogP contribution >= 0.6 is 0 Å². The van der Waals surface area contributed by atoms with Crippen LogP contribution in [0.25, 0.3) is 0 Å². The molecule has 1 N–H and O–H groups in total. The summed E-state index contributed by atoms with van der Waals surface area (Å²) in [7, 11) is 1.61. The molecule has 1 unspecified atom stereocenters. The summed E-state index contributed by atoms with van der Waals surface area (Å²) >= 11 is 0. The van der Waals surface area contributed by atoms with Crippen molar-refractivity contribution in [1.29, 1.82) is 0 Å². The van der Waals surface area contributed by atoms with Gasteiger partial charge >= 0.3 is 0 Å². The van der Waals surface area contributed by atoms with Crippen molar-refractivity contribution in [3.05, 3.63) is 35.9 Å². The Morgan fingerprint density at radius 2 is 2.00 bits per heavy atom. The Kier molecular flexibility index (Phi) is 6.21. The van der Waals surface area contributed by atoms with Crippen molar-refractivity contribution in [1.82, 2.24) is 0 Å².